The molecular weight excluding hydrogens is 437 g/mol. The van der Waals surface area contributed by atoms with Crippen molar-refractivity contribution in [2.24, 2.45) is 7.05 Å². The predicted molar refractivity (Wildman–Crippen MR) is 126 cm³/mol. The second-order valence-electron chi connectivity index (χ2n) is 8.84. The minimum absolute atomic E-state index is 0.00259. The second kappa shape index (κ2) is 10.5. The molecule has 0 aliphatic heterocycles. The van der Waals surface area contributed by atoms with Crippen molar-refractivity contribution in [1.82, 2.24) is 14.9 Å². The maximum Gasteiger partial charge on any atom is 0.342 e. The number of carbonyl (C=O) groups is 2. The minimum Gasteiger partial charge on any atom is -0.507 e. The van der Waals surface area contributed by atoms with Gasteiger partial charge < -0.3 is 19.7 Å². The van der Waals surface area contributed by atoms with Crippen LogP contribution in [0.3, 0.4) is 0 Å². The Morgan fingerprint density at radius 3 is 2.32 bits per heavy atom. The first-order chi connectivity index (χ1) is 16.1. The van der Waals surface area contributed by atoms with E-state index >= 15 is 0 Å². The van der Waals surface area contributed by atoms with E-state index in [9.17, 15) is 19.1 Å². The average molecular weight is 468 g/mol. The van der Waals surface area contributed by atoms with Crippen LogP contribution in [-0.2, 0) is 16.6 Å². The topological polar surface area (TPSA) is 93.5 Å². The summed E-state index contributed by atoms with van der Waals surface area (Å²) in [5.41, 5.74) is 2.19. The number of nitrogens with zero attached hydrogens (tertiary/aromatic N) is 2. The fourth-order valence-corrected chi connectivity index (χ4v) is 3.63. The third-order valence-electron chi connectivity index (χ3n) is 5.63. The van der Waals surface area contributed by atoms with Crippen molar-refractivity contribution in [1.29, 1.82) is 0 Å². The van der Waals surface area contributed by atoms with Gasteiger partial charge in [0.15, 0.2) is 6.61 Å². The Balaban J connectivity index is 1.77. The highest BCUT2D eigenvalue weighted by Crippen LogP contribution is 2.33. The molecule has 0 unspecified atom stereocenters. The summed E-state index contributed by atoms with van der Waals surface area (Å²) < 4.78 is 20.4. The van der Waals surface area contributed by atoms with Gasteiger partial charge in [0.25, 0.3) is 5.91 Å². The molecule has 8 heteroatoms. The number of ether oxygens (including phenoxy) is 1. The second-order valence-corrected chi connectivity index (χ2v) is 8.84. The van der Waals surface area contributed by atoms with E-state index in [2.05, 4.69) is 10.3 Å². The number of imidazole rings is 1. The van der Waals surface area contributed by atoms with Crippen LogP contribution in [0.4, 0.5) is 4.39 Å². The molecule has 0 aliphatic carbocycles. The van der Waals surface area contributed by atoms with Gasteiger partial charge in [-0.15, -0.1) is 0 Å². The largest absolute Gasteiger partial charge is 0.507 e. The van der Waals surface area contributed by atoms with Crippen LogP contribution in [-0.4, -0.2) is 33.1 Å². The maximum atomic E-state index is 13.4. The Labute approximate surface area is 198 Å². The summed E-state index contributed by atoms with van der Waals surface area (Å²) in [6.07, 6.45) is 3.32. The molecule has 1 amide bonds. The molecular formula is C26H30FN3O4. The van der Waals surface area contributed by atoms with E-state index in [0.717, 1.165) is 5.56 Å². The Morgan fingerprint density at radius 2 is 1.76 bits per heavy atom. The summed E-state index contributed by atoms with van der Waals surface area (Å²) in [4.78, 5) is 29.8. The van der Waals surface area contributed by atoms with Crippen LogP contribution in [0.1, 0.15) is 78.4 Å². The number of hydrogen-bond donors (Lipinski definition) is 2. The van der Waals surface area contributed by atoms with Gasteiger partial charge in [-0.25, -0.2) is 14.2 Å². The molecule has 1 heterocycles. The molecule has 2 N–H and O–H groups in total. The molecule has 0 bridgehead atoms. The molecule has 0 radical (unpaired) electrons. The number of phenols is 1. The zero-order valence-corrected chi connectivity index (χ0v) is 20.0. The number of amides is 1. The number of carbonyl (C=O) groups excluding carboxylic acids is 2. The molecule has 0 fully saturated rings. The highest BCUT2D eigenvalue weighted by molar-refractivity contribution is 5.94. The number of aromatic hydroxyl groups is 1. The lowest BCUT2D eigenvalue weighted by atomic mass is 9.92. The lowest BCUT2D eigenvalue weighted by Gasteiger charge is -2.19. The van der Waals surface area contributed by atoms with Crippen LogP contribution in [0.2, 0.25) is 0 Å². The van der Waals surface area contributed by atoms with E-state index < -0.39 is 30.3 Å². The van der Waals surface area contributed by atoms with Crippen LogP contribution in [0.25, 0.3) is 0 Å². The van der Waals surface area contributed by atoms with E-state index in [-0.39, 0.29) is 23.1 Å². The van der Waals surface area contributed by atoms with E-state index in [1.165, 1.54) is 12.1 Å². The summed E-state index contributed by atoms with van der Waals surface area (Å²) >= 11 is 0. The van der Waals surface area contributed by atoms with Crippen LogP contribution in [0.5, 0.6) is 5.75 Å². The number of phenolic OH excluding ortho intramolecular Hbond substituents is 1. The molecule has 0 saturated carbocycles. The summed E-state index contributed by atoms with van der Waals surface area (Å²) in [7, 11) is 1.78. The number of halogens is 1. The molecule has 3 aromatic rings. The fraction of sp³-hybridized carbons (Fsp3) is 0.346. The number of nitrogens with one attached hydrogen (secondary N) is 1. The molecule has 1 atom stereocenters. The van der Waals surface area contributed by atoms with E-state index in [4.69, 9.17) is 4.74 Å². The molecule has 0 spiro atoms. The first-order valence-corrected chi connectivity index (χ1v) is 11.1. The zero-order valence-electron chi connectivity index (χ0n) is 20.0. The Kier molecular flexibility index (Phi) is 7.71. The monoisotopic (exact) mass is 467 g/mol. The molecule has 0 saturated heterocycles. The standard InChI is InChI=1S/C26H30FN3O4/c1-15(2)18-12-20(16(3)4)24(32)21(13-18)26(33)34-14-22(31)29-23(25-28-10-11-30(25)5)17-6-8-19(27)9-7-17/h6-13,15-16,23,32H,14H2,1-5H3,(H,29,31)/t23-/m0/s1. The van der Waals surface area contributed by atoms with Gasteiger partial charge in [0.05, 0.1) is 0 Å². The first-order valence-electron chi connectivity index (χ1n) is 11.1. The number of aryl methyl sites for hydroxylation is 1. The first kappa shape index (κ1) is 25.0. The molecule has 180 valence electrons. The molecule has 3 rings (SSSR count). The zero-order chi connectivity index (χ0) is 25.0. The Bertz CT molecular complexity index is 1170. The van der Waals surface area contributed by atoms with Gasteiger partial charge in [0, 0.05) is 19.4 Å². The van der Waals surface area contributed by atoms with Crippen molar-refractivity contribution < 1.29 is 23.8 Å². The van der Waals surface area contributed by atoms with Crippen molar-refractivity contribution >= 4 is 11.9 Å². The number of esters is 1. The quantitative estimate of drug-likeness (QED) is 0.473. The Morgan fingerprint density at radius 1 is 1.09 bits per heavy atom. The van der Waals surface area contributed by atoms with Gasteiger partial charge >= 0.3 is 5.97 Å². The van der Waals surface area contributed by atoms with Crippen LogP contribution in [0.15, 0.2) is 48.8 Å². The summed E-state index contributed by atoms with van der Waals surface area (Å²) in [6, 6.07) is 8.53. The predicted octanol–water partition coefficient (Wildman–Crippen LogP) is 4.57. The van der Waals surface area contributed by atoms with Crippen molar-refractivity contribution in [2.75, 3.05) is 6.61 Å². The summed E-state index contributed by atoms with van der Waals surface area (Å²) in [5, 5.41) is 13.4. The fourth-order valence-electron chi connectivity index (χ4n) is 3.63. The van der Waals surface area contributed by atoms with Crippen LogP contribution >= 0.6 is 0 Å². The van der Waals surface area contributed by atoms with Crippen LogP contribution in [0, 0.1) is 5.82 Å². The number of benzene rings is 2. The van der Waals surface area contributed by atoms with Crippen molar-refractivity contribution in [3.8, 4) is 5.75 Å². The van der Waals surface area contributed by atoms with Gasteiger partial charge in [-0.05, 0) is 46.7 Å². The van der Waals surface area contributed by atoms with Gasteiger partial charge in [-0.3, -0.25) is 4.79 Å². The van der Waals surface area contributed by atoms with Crippen molar-refractivity contribution in [3.63, 3.8) is 0 Å². The Hall–Kier alpha value is -3.68. The highest BCUT2D eigenvalue weighted by atomic mass is 19.1. The summed E-state index contributed by atoms with van der Waals surface area (Å²) in [5.74, 6) is -1.20. The smallest absolute Gasteiger partial charge is 0.342 e. The molecule has 0 aliphatic rings. The van der Waals surface area contributed by atoms with Crippen LogP contribution < -0.4 is 5.32 Å². The average Bonchev–Trinajstić information content (AvgIpc) is 3.21. The molecule has 7 nitrogen and oxygen atoms in total. The van der Waals surface area contributed by atoms with Gasteiger partial charge in [-0.2, -0.15) is 0 Å². The van der Waals surface area contributed by atoms with Crippen molar-refractivity contribution in [3.05, 3.63) is 82.7 Å². The number of aromatic nitrogens is 2. The number of hydrogen-bond acceptors (Lipinski definition) is 5. The lowest BCUT2D eigenvalue weighted by molar-refractivity contribution is -0.124. The molecule has 1 aromatic heterocycles. The maximum absolute atomic E-state index is 13.4. The number of rotatable bonds is 8. The highest BCUT2D eigenvalue weighted by Gasteiger charge is 2.24. The molecule has 34 heavy (non-hydrogen) atoms. The summed E-state index contributed by atoms with van der Waals surface area (Å²) in [6.45, 7) is 7.28. The third-order valence-corrected chi connectivity index (χ3v) is 5.63. The van der Waals surface area contributed by atoms with E-state index in [1.807, 2.05) is 33.8 Å². The normalized spacial score (nSPS) is 12.1. The third kappa shape index (κ3) is 5.62. The SMILES string of the molecule is CC(C)c1cc(C(=O)OCC(=O)N[C@@H](c2ccc(F)cc2)c2nccn2C)c(O)c(C(C)C)c1. The van der Waals surface area contributed by atoms with E-state index in [1.54, 1.807) is 42.2 Å². The van der Waals surface area contributed by atoms with Crippen molar-refractivity contribution in [2.45, 2.75) is 45.6 Å². The molecule has 2 aromatic carbocycles. The van der Waals surface area contributed by atoms with Gasteiger partial charge in [0.2, 0.25) is 0 Å². The van der Waals surface area contributed by atoms with Gasteiger partial charge in [0.1, 0.15) is 29.0 Å². The van der Waals surface area contributed by atoms with E-state index in [0.29, 0.717) is 17.0 Å². The lowest BCUT2D eigenvalue weighted by Crippen LogP contribution is -2.34. The van der Waals surface area contributed by atoms with Gasteiger partial charge in [-0.1, -0.05) is 45.9 Å². The minimum atomic E-state index is -0.785.